The number of hydrogen-bond acceptors (Lipinski definition) is 17. The summed E-state index contributed by atoms with van der Waals surface area (Å²) >= 11 is 0. The van der Waals surface area contributed by atoms with Gasteiger partial charge in [-0.2, -0.15) is 0 Å². The first-order chi connectivity index (χ1) is 65.5. The second kappa shape index (κ2) is 63.4. The molecule has 4 aliphatic carbocycles. The third-order valence-electron chi connectivity index (χ3n) is 23.6. The number of benzene rings is 9. The molecule has 0 saturated carbocycles. The lowest BCUT2D eigenvalue weighted by atomic mass is 9.98. The molecule has 14 rings (SSSR count). The van der Waals surface area contributed by atoms with E-state index in [2.05, 4.69) is 118 Å². The standard InChI is InChI=1S/C23H29NO.C15H19NO4.C15H17NO3.C15H21NO.C13H19N.C10H13NO.C10H10O2.C8H11N.C5H6O3/c1-24(16-6-7-19-11-14-23(25-2)15-12-19)18-20-10-13-21-8-4-3-5-9-22(21)17-20;1-11(17)16(2)10-12-6-8-13(9-7-12)14(18)4-3-5-15(19)20;1-10(17)16(2)9-11-6-7-12-13(8-11)15(19)5-3-4-14(12)18;1-12(17)16(2)11-13-8-9-14-6-4-3-5-7-15(14)10-13;1-14-10-11-7-8-12-5-3-2-4-6-13(12)9-11;1-9(12)11(2)8-10-6-4-3-5-7-10;1-12-10-6-4-9(5-7-10)3-2-8-11;1-9-7-8-5-3-2-4-6-8;6-4-2-1-3-5(7)8-4/h6-7,10-15,17H,3-5,8-9,16,18H2,1-2H3;6-9H,3-5,10H2,1-2H3,(H,19,20);6-8H,3-5,9H2,1-2H3;8-10H,3-7,11H2,1-2H3;7-9,14H,2-6,10H2,1H3;3-7H,8H2,1-2H3;2-8H,1H3;2-6,9H,7H2,1H3;1-3H2/b7-6+;;;;;;3-2+;;. The van der Waals surface area contributed by atoms with E-state index in [9.17, 15) is 52.7 Å². The molecule has 1 fully saturated rings. The van der Waals surface area contributed by atoms with Gasteiger partial charge in [-0.3, -0.25) is 57.6 Å². The van der Waals surface area contributed by atoms with E-state index in [0.717, 1.165) is 72.8 Å². The van der Waals surface area contributed by atoms with Gasteiger partial charge in [0.1, 0.15) is 17.8 Å². The number of ketones is 3. The molecule has 0 radical (unpaired) electrons. The fraction of sp³-hybridized carbons (Fsp3) is 0.395. The number of nitrogens with zero attached hydrogens (tertiary/aromatic N) is 5. The van der Waals surface area contributed by atoms with Crippen LogP contribution in [0.1, 0.15) is 258 Å². The van der Waals surface area contributed by atoms with Gasteiger partial charge >= 0.3 is 17.9 Å². The van der Waals surface area contributed by atoms with Crippen LogP contribution in [-0.4, -0.2) is 165 Å². The van der Waals surface area contributed by atoms with Gasteiger partial charge in [-0.05, 0) is 237 Å². The van der Waals surface area contributed by atoms with Crippen LogP contribution < -0.4 is 20.1 Å². The number of hydrogen-bond donors (Lipinski definition) is 3. The summed E-state index contributed by atoms with van der Waals surface area (Å²) in [6.07, 6.45) is 31.6. The predicted octanol–water partition coefficient (Wildman–Crippen LogP) is 20.3. The van der Waals surface area contributed by atoms with E-state index < -0.39 is 5.97 Å². The van der Waals surface area contributed by atoms with Crippen LogP contribution in [0.15, 0.2) is 218 Å². The first-order valence-corrected chi connectivity index (χ1v) is 47.6. The largest absolute Gasteiger partial charge is 0.497 e. The van der Waals surface area contributed by atoms with Gasteiger partial charge in [0.25, 0.3) is 0 Å². The second-order valence-corrected chi connectivity index (χ2v) is 34.8. The fourth-order valence-corrected chi connectivity index (χ4v) is 15.4. The minimum atomic E-state index is -0.889. The summed E-state index contributed by atoms with van der Waals surface area (Å²) in [5, 5.41) is 14.8. The molecule has 4 amide bonds. The van der Waals surface area contributed by atoms with Gasteiger partial charge in [0.15, 0.2) is 17.3 Å². The highest BCUT2D eigenvalue weighted by molar-refractivity contribution is 6.10. The Morgan fingerprint density at radius 2 is 0.743 bits per heavy atom. The Morgan fingerprint density at radius 3 is 1.16 bits per heavy atom. The molecule has 1 saturated heterocycles. The summed E-state index contributed by atoms with van der Waals surface area (Å²) < 4.78 is 14.4. The van der Waals surface area contributed by atoms with Crippen molar-refractivity contribution in [3.05, 3.63) is 319 Å². The molecule has 1 heterocycles. The Kier molecular flexibility index (Phi) is 52.1. The van der Waals surface area contributed by atoms with Crippen LogP contribution in [0.2, 0.25) is 0 Å². The lowest BCUT2D eigenvalue weighted by molar-refractivity contribution is -0.163. The minimum absolute atomic E-state index is 0.00717. The SMILES string of the molecule is CC(=O)N(C)Cc1ccc(C(=O)CCCC(=O)O)cc1.CC(=O)N(C)Cc1ccc2c(c1)C(=O)CCCC2=O.CC(=O)N(C)Cc1ccc2c(c1)CCCCC2.CC(=O)N(C)Cc1ccccc1.CNCc1ccc2c(c1)CCCCC2.CNCc1ccccc1.COc1ccc(/C=C/C=O)cc1.COc1ccc(/C=C/CN(C)Cc2ccc3c(c2)CCCCC3)cc1.O=C1CCCC(=O)O1. The molecule has 0 aromatic heterocycles. The highest BCUT2D eigenvalue weighted by Crippen LogP contribution is 2.28. The number of likely N-dealkylation sites (N-methyl/N-ethyl adjacent to an activating group) is 1. The van der Waals surface area contributed by atoms with Gasteiger partial charge in [-0.1, -0.05) is 213 Å². The Labute approximate surface area is 807 Å². The number of aldehydes is 1. The van der Waals surface area contributed by atoms with E-state index in [0.29, 0.717) is 81.3 Å². The first-order valence-electron chi connectivity index (χ1n) is 47.6. The summed E-state index contributed by atoms with van der Waals surface area (Å²) in [5.41, 5.74) is 21.6. The Bertz CT molecular complexity index is 5270. The third-order valence-corrected chi connectivity index (χ3v) is 23.6. The zero-order valence-electron chi connectivity index (χ0n) is 82.5. The number of allylic oxidation sites excluding steroid dienone is 1. The average Bonchev–Trinajstić information content (AvgIpc) is 1.49. The van der Waals surface area contributed by atoms with E-state index in [1.165, 1.54) is 155 Å². The molecule has 0 bridgehead atoms. The number of Topliss-reactive ketones (excluding diaryl/α,β-unsaturated/α-hetero) is 3. The number of aryl methyl sites for hydroxylation is 6. The van der Waals surface area contributed by atoms with Crippen molar-refractivity contribution >= 4 is 77.3 Å². The maximum Gasteiger partial charge on any atom is 0.313 e. The fourth-order valence-electron chi connectivity index (χ4n) is 15.4. The first kappa shape index (κ1) is 112. The Morgan fingerprint density at radius 1 is 0.375 bits per heavy atom. The van der Waals surface area contributed by atoms with Crippen LogP contribution in [0.5, 0.6) is 11.5 Å². The number of rotatable bonds is 26. The van der Waals surface area contributed by atoms with Crippen molar-refractivity contribution < 1.29 is 72.1 Å². The quantitative estimate of drug-likeness (QED) is 0.0113. The minimum Gasteiger partial charge on any atom is -0.497 e. The average molecular weight is 1850 g/mol. The molecular formula is C114H145N7O15. The van der Waals surface area contributed by atoms with Gasteiger partial charge in [-0.15, -0.1) is 0 Å². The van der Waals surface area contributed by atoms with E-state index in [-0.39, 0.29) is 65.8 Å². The summed E-state index contributed by atoms with van der Waals surface area (Å²) in [6, 6.07) is 69.1. The summed E-state index contributed by atoms with van der Waals surface area (Å²) in [6.45, 7) is 12.5. The molecule has 0 unspecified atom stereocenters. The zero-order chi connectivity index (χ0) is 98.9. The molecule has 0 atom stereocenters. The number of cyclic esters (lactones) is 2. The summed E-state index contributed by atoms with van der Waals surface area (Å²) in [7, 11) is 16.5. The smallest absolute Gasteiger partial charge is 0.313 e. The van der Waals surface area contributed by atoms with Crippen molar-refractivity contribution in [3.63, 3.8) is 0 Å². The number of methoxy groups -OCH3 is 2. The van der Waals surface area contributed by atoms with E-state index in [1.807, 2.05) is 124 Å². The lowest BCUT2D eigenvalue weighted by Crippen LogP contribution is -2.23. The van der Waals surface area contributed by atoms with Crippen molar-refractivity contribution in [2.24, 2.45) is 0 Å². The van der Waals surface area contributed by atoms with E-state index >= 15 is 0 Å². The van der Waals surface area contributed by atoms with Crippen molar-refractivity contribution in [1.82, 2.24) is 35.1 Å². The van der Waals surface area contributed by atoms with Gasteiger partial charge in [0, 0.05) is 163 Å². The number of ether oxygens (including phenoxy) is 3. The maximum absolute atomic E-state index is 12.0. The Balaban J connectivity index is 0.000000239. The summed E-state index contributed by atoms with van der Waals surface area (Å²) in [4.78, 5) is 130. The molecule has 22 heteroatoms. The van der Waals surface area contributed by atoms with Crippen LogP contribution in [0, 0.1) is 0 Å². The van der Waals surface area contributed by atoms with Crippen LogP contribution in [0.25, 0.3) is 12.2 Å². The summed E-state index contributed by atoms with van der Waals surface area (Å²) in [5.74, 6) is 0.229. The number of carboxylic acids is 1. The topological polar surface area (TPSA) is 276 Å². The molecule has 9 aromatic carbocycles. The van der Waals surface area contributed by atoms with Crippen molar-refractivity contribution in [1.29, 1.82) is 0 Å². The lowest BCUT2D eigenvalue weighted by Gasteiger charge is -2.16. The monoisotopic (exact) mass is 1850 g/mol. The molecule has 1 aliphatic heterocycles. The number of aliphatic carboxylic acids is 1. The van der Waals surface area contributed by atoms with Crippen LogP contribution >= 0.6 is 0 Å². The number of nitrogens with one attached hydrogen (secondary N) is 2. The van der Waals surface area contributed by atoms with E-state index in [1.54, 1.807) is 121 Å². The molecule has 5 aliphatic rings. The van der Waals surface area contributed by atoms with Crippen molar-refractivity contribution in [3.8, 4) is 11.5 Å². The highest BCUT2D eigenvalue weighted by Gasteiger charge is 2.23. The number of carboxylic acid groups (broad SMARTS) is 1. The maximum atomic E-state index is 12.0. The number of carbonyl (C=O) groups is 11. The molecule has 0 spiro atoms. The molecule has 136 heavy (non-hydrogen) atoms. The number of carbonyl (C=O) groups excluding carboxylic acids is 10. The molecular weight excluding hydrogens is 1710 g/mol. The third kappa shape index (κ3) is 44.1. The van der Waals surface area contributed by atoms with Crippen LogP contribution in [0.3, 0.4) is 0 Å². The van der Waals surface area contributed by atoms with Gasteiger partial charge in [0.2, 0.25) is 23.6 Å². The number of esters is 2. The van der Waals surface area contributed by atoms with Crippen LogP contribution in [-0.2, 0) is 127 Å². The van der Waals surface area contributed by atoms with Crippen molar-refractivity contribution in [2.75, 3.05) is 70.1 Å². The zero-order valence-corrected chi connectivity index (χ0v) is 82.5. The van der Waals surface area contributed by atoms with E-state index in [4.69, 9.17) is 14.6 Å². The predicted molar refractivity (Wildman–Crippen MR) is 543 cm³/mol. The normalized spacial score (nSPS) is 13.3. The molecule has 3 N–H and O–H groups in total. The molecule has 22 nitrogen and oxygen atoms in total. The second-order valence-electron chi connectivity index (χ2n) is 34.8. The molecule has 9 aromatic rings. The number of fused-ring (bicyclic) bond motifs is 4. The van der Waals surface area contributed by atoms with Crippen LogP contribution in [0.4, 0.5) is 0 Å². The van der Waals surface area contributed by atoms with Gasteiger partial charge < -0.3 is 49.6 Å². The van der Waals surface area contributed by atoms with Gasteiger partial charge in [0.05, 0.1) is 14.2 Å². The van der Waals surface area contributed by atoms with Gasteiger partial charge in [-0.25, -0.2) is 0 Å². The van der Waals surface area contributed by atoms with Crippen molar-refractivity contribution in [2.45, 2.75) is 228 Å². The number of amides is 4. The molecule has 726 valence electrons. The Hall–Kier alpha value is -12.9. The highest BCUT2D eigenvalue weighted by atomic mass is 16.6.